The third-order valence-corrected chi connectivity index (χ3v) is 9.38. The van der Waals surface area contributed by atoms with Crippen molar-refractivity contribution in [2.45, 2.75) is 22.7 Å². The van der Waals surface area contributed by atoms with Crippen LogP contribution in [0, 0.1) is 0 Å². The second-order valence-corrected chi connectivity index (χ2v) is 11.6. The van der Waals surface area contributed by atoms with Gasteiger partial charge in [-0.2, -0.15) is 4.31 Å². The Balaban J connectivity index is 1.35. The maximum atomic E-state index is 13.5. The van der Waals surface area contributed by atoms with Crippen molar-refractivity contribution in [2.24, 2.45) is 0 Å². The fourth-order valence-electron chi connectivity index (χ4n) is 4.32. The van der Waals surface area contributed by atoms with E-state index in [1.165, 1.54) is 16.1 Å². The van der Waals surface area contributed by atoms with Crippen LogP contribution in [0.5, 0.6) is 0 Å². The Bertz CT molecular complexity index is 1420. The minimum atomic E-state index is -3.89. The summed E-state index contributed by atoms with van der Waals surface area (Å²) in [5.74, 6) is 0.600. The van der Waals surface area contributed by atoms with E-state index in [0.29, 0.717) is 17.1 Å². The minimum absolute atomic E-state index is 0.145. The molecule has 2 N–H and O–H groups in total. The number of fused-ring (bicyclic) bond motifs is 1. The fraction of sp³-hybridized carbons (Fsp3) is 0.222. The lowest BCUT2D eigenvalue weighted by molar-refractivity contribution is -0.123. The molecule has 1 fully saturated rings. The van der Waals surface area contributed by atoms with Crippen molar-refractivity contribution in [3.63, 3.8) is 0 Å². The quantitative estimate of drug-likeness (QED) is 0.356. The lowest BCUT2D eigenvalue weighted by atomic mass is 10.1. The summed E-state index contributed by atoms with van der Waals surface area (Å²) in [5, 5.41) is 12.5. The number of carbonyl (C=O) groups is 1. The van der Waals surface area contributed by atoms with Crippen molar-refractivity contribution in [3.05, 3.63) is 90.7 Å². The van der Waals surface area contributed by atoms with Crippen LogP contribution >= 0.6 is 11.8 Å². The lowest BCUT2D eigenvalue weighted by Gasteiger charge is -2.24. The Morgan fingerprint density at radius 3 is 2.44 bits per heavy atom. The number of sulfonamides is 1. The standard InChI is InChI=1S/C27H26N2O5S2/c30-16-14-23(25-18-21-8-4-5-9-24(21)34-25)28-26(31)27-29(15-17-35-27)36(32,33)22-12-10-20(11-13-22)19-6-2-1-3-7-19/h1-13,18,23,27,30H,14-17H2,(H,28,31). The molecule has 0 saturated carbocycles. The van der Waals surface area contributed by atoms with Gasteiger partial charge in [-0.3, -0.25) is 4.79 Å². The van der Waals surface area contributed by atoms with E-state index >= 15 is 0 Å². The summed E-state index contributed by atoms with van der Waals surface area (Å²) in [5.41, 5.74) is 2.59. The molecule has 2 atom stereocenters. The number of thioether (sulfide) groups is 1. The smallest absolute Gasteiger partial charge is 0.249 e. The Hall–Kier alpha value is -3.11. The van der Waals surface area contributed by atoms with Gasteiger partial charge in [0.2, 0.25) is 15.9 Å². The van der Waals surface area contributed by atoms with Gasteiger partial charge in [0, 0.05) is 24.3 Å². The van der Waals surface area contributed by atoms with Crippen molar-refractivity contribution >= 4 is 38.7 Å². The number of amides is 1. The maximum Gasteiger partial charge on any atom is 0.249 e. The van der Waals surface area contributed by atoms with E-state index in [0.717, 1.165) is 16.5 Å². The molecule has 5 rings (SSSR count). The van der Waals surface area contributed by atoms with Crippen LogP contribution in [0.25, 0.3) is 22.1 Å². The van der Waals surface area contributed by atoms with Crippen LogP contribution in [-0.2, 0) is 14.8 Å². The van der Waals surface area contributed by atoms with Crippen molar-refractivity contribution in [3.8, 4) is 11.1 Å². The highest BCUT2D eigenvalue weighted by Gasteiger charge is 2.41. The van der Waals surface area contributed by atoms with E-state index in [1.807, 2.05) is 60.7 Å². The summed E-state index contributed by atoms with van der Waals surface area (Å²) in [6.07, 6.45) is 0.247. The summed E-state index contributed by atoms with van der Waals surface area (Å²) in [6, 6.07) is 25.2. The van der Waals surface area contributed by atoms with E-state index in [4.69, 9.17) is 4.42 Å². The van der Waals surface area contributed by atoms with Crippen LogP contribution in [0.1, 0.15) is 18.2 Å². The molecule has 0 aliphatic carbocycles. The first kappa shape index (κ1) is 24.6. The summed E-state index contributed by atoms with van der Waals surface area (Å²) in [6.45, 7) is 0.0798. The van der Waals surface area contributed by atoms with E-state index in [1.54, 1.807) is 24.3 Å². The largest absolute Gasteiger partial charge is 0.459 e. The third-order valence-electron chi connectivity index (χ3n) is 6.16. The molecule has 2 heterocycles. The molecule has 0 spiro atoms. The van der Waals surface area contributed by atoms with Gasteiger partial charge in [0.05, 0.1) is 10.9 Å². The number of nitrogens with one attached hydrogen (secondary N) is 1. The zero-order valence-electron chi connectivity index (χ0n) is 19.4. The van der Waals surface area contributed by atoms with Gasteiger partial charge in [0.15, 0.2) is 0 Å². The van der Waals surface area contributed by atoms with E-state index in [9.17, 15) is 18.3 Å². The molecule has 1 saturated heterocycles. The Morgan fingerprint density at radius 1 is 1.03 bits per heavy atom. The van der Waals surface area contributed by atoms with Crippen LogP contribution in [0.2, 0.25) is 0 Å². The van der Waals surface area contributed by atoms with Crippen molar-refractivity contribution in [1.82, 2.24) is 9.62 Å². The van der Waals surface area contributed by atoms with E-state index < -0.39 is 27.3 Å². The number of furan rings is 1. The molecule has 0 radical (unpaired) electrons. The average Bonchev–Trinajstić information content (AvgIpc) is 3.57. The highest BCUT2D eigenvalue weighted by molar-refractivity contribution is 8.02. The highest BCUT2D eigenvalue weighted by Crippen LogP contribution is 2.33. The van der Waals surface area contributed by atoms with Gasteiger partial charge < -0.3 is 14.8 Å². The van der Waals surface area contributed by atoms with Crippen molar-refractivity contribution in [2.75, 3.05) is 18.9 Å². The number of aliphatic hydroxyl groups excluding tert-OH is 1. The average molecular weight is 523 g/mol. The molecule has 2 unspecified atom stereocenters. The molecule has 7 nitrogen and oxygen atoms in total. The van der Waals surface area contributed by atoms with Gasteiger partial charge >= 0.3 is 0 Å². The number of benzene rings is 3. The zero-order chi connectivity index (χ0) is 25.1. The lowest BCUT2D eigenvalue weighted by Crippen LogP contribution is -2.45. The van der Waals surface area contributed by atoms with Crippen LogP contribution in [0.3, 0.4) is 0 Å². The molecular formula is C27H26N2O5S2. The van der Waals surface area contributed by atoms with Gasteiger partial charge in [0.25, 0.3) is 0 Å². The van der Waals surface area contributed by atoms with Crippen LogP contribution < -0.4 is 5.32 Å². The van der Waals surface area contributed by atoms with Gasteiger partial charge in [-0.25, -0.2) is 8.42 Å². The van der Waals surface area contributed by atoms with Crippen LogP contribution in [0.15, 0.2) is 94.2 Å². The maximum absolute atomic E-state index is 13.5. The molecule has 9 heteroatoms. The highest BCUT2D eigenvalue weighted by atomic mass is 32.2. The first-order valence-corrected chi connectivity index (χ1v) is 14.1. The Morgan fingerprint density at radius 2 is 1.72 bits per heavy atom. The number of para-hydroxylation sites is 1. The van der Waals surface area contributed by atoms with Crippen LogP contribution in [0.4, 0.5) is 0 Å². The summed E-state index contributed by atoms with van der Waals surface area (Å²) in [7, 11) is -3.89. The Labute approximate surface area is 214 Å². The number of nitrogens with zero attached hydrogens (tertiary/aromatic N) is 1. The van der Waals surface area contributed by atoms with Gasteiger partial charge in [-0.15, -0.1) is 11.8 Å². The second-order valence-electron chi connectivity index (χ2n) is 8.49. The topological polar surface area (TPSA) is 99.8 Å². The molecule has 3 aromatic carbocycles. The molecule has 36 heavy (non-hydrogen) atoms. The van der Waals surface area contributed by atoms with Crippen molar-refractivity contribution in [1.29, 1.82) is 0 Å². The number of hydrogen-bond donors (Lipinski definition) is 2. The number of carbonyl (C=O) groups excluding carboxylic acids is 1. The van der Waals surface area contributed by atoms with Gasteiger partial charge in [0.1, 0.15) is 16.7 Å². The predicted molar refractivity (Wildman–Crippen MR) is 141 cm³/mol. The summed E-state index contributed by atoms with van der Waals surface area (Å²) < 4.78 is 34.1. The molecule has 186 valence electrons. The SMILES string of the molecule is O=C(NC(CCO)c1cc2ccccc2o1)C1SCCN1S(=O)(=O)c1ccc(-c2ccccc2)cc1. The third kappa shape index (κ3) is 4.92. The molecule has 1 aliphatic rings. The Kier molecular flexibility index (Phi) is 7.15. The normalized spacial score (nSPS) is 17.3. The molecule has 1 aliphatic heterocycles. The molecule has 1 amide bonds. The zero-order valence-corrected chi connectivity index (χ0v) is 21.0. The monoisotopic (exact) mass is 522 g/mol. The van der Waals surface area contributed by atoms with Gasteiger partial charge in [-0.1, -0.05) is 60.7 Å². The molecular weight excluding hydrogens is 496 g/mol. The predicted octanol–water partition coefficient (Wildman–Crippen LogP) is 4.40. The fourth-order valence-corrected chi connectivity index (χ4v) is 7.41. The molecule has 0 bridgehead atoms. The van der Waals surface area contributed by atoms with Crippen molar-refractivity contribution < 1.29 is 22.7 Å². The van der Waals surface area contributed by atoms with Crippen LogP contribution in [-0.4, -0.2) is 48.0 Å². The molecule has 1 aromatic heterocycles. The second kappa shape index (κ2) is 10.5. The number of hydrogen-bond acceptors (Lipinski definition) is 6. The number of rotatable bonds is 8. The minimum Gasteiger partial charge on any atom is -0.459 e. The summed E-state index contributed by atoms with van der Waals surface area (Å²) in [4.78, 5) is 13.4. The van der Waals surface area contributed by atoms with Gasteiger partial charge in [-0.05, 0) is 41.8 Å². The first-order chi connectivity index (χ1) is 17.5. The first-order valence-electron chi connectivity index (χ1n) is 11.7. The van der Waals surface area contributed by atoms with E-state index in [2.05, 4.69) is 5.32 Å². The molecule has 4 aromatic rings. The van der Waals surface area contributed by atoms with E-state index in [-0.39, 0.29) is 24.5 Å². The summed E-state index contributed by atoms with van der Waals surface area (Å²) >= 11 is 1.28. The number of aliphatic hydroxyl groups is 1.